The molecule has 5 heteroatoms. The topological polar surface area (TPSA) is 61.6 Å². The van der Waals surface area contributed by atoms with Gasteiger partial charge in [-0.15, -0.1) is 0 Å². The largest absolute Gasteiger partial charge is 0.340 e. The second kappa shape index (κ2) is 5.71. The number of hydrogen-bond acceptors (Lipinski definition) is 4. The first-order valence-electron chi connectivity index (χ1n) is 6.94. The fourth-order valence-electron chi connectivity index (χ4n) is 2.09. The first kappa shape index (κ1) is 13.8. The number of nitrogens with zero attached hydrogens (tertiary/aromatic N) is 3. The zero-order valence-electron chi connectivity index (χ0n) is 11.7. The third-order valence-corrected chi connectivity index (χ3v) is 3.91. The minimum Gasteiger partial charge on any atom is -0.340 e. The number of hydrogen-bond donors (Lipinski definition) is 1. The maximum Gasteiger partial charge on any atom is 0.138 e. The highest BCUT2D eigenvalue weighted by molar-refractivity contribution is 6.30. The Morgan fingerprint density at radius 3 is 2.62 bits per heavy atom. The molecule has 1 aromatic heterocycles. The van der Waals surface area contributed by atoms with Gasteiger partial charge in [-0.05, 0) is 37.5 Å². The van der Waals surface area contributed by atoms with Crippen LogP contribution in [0.15, 0.2) is 24.3 Å². The molecule has 0 atom stereocenters. The summed E-state index contributed by atoms with van der Waals surface area (Å²) in [6, 6.07) is 9.90. The van der Waals surface area contributed by atoms with Crippen LogP contribution in [0.1, 0.15) is 35.7 Å². The van der Waals surface area contributed by atoms with E-state index in [2.05, 4.69) is 21.4 Å². The number of halogens is 1. The predicted molar refractivity (Wildman–Crippen MR) is 82.8 cm³/mol. The molecule has 4 nitrogen and oxygen atoms in total. The van der Waals surface area contributed by atoms with Crippen LogP contribution < -0.4 is 5.32 Å². The second-order valence-electron chi connectivity index (χ2n) is 5.28. The molecule has 0 unspecified atom stereocenters. The van der Waals surface area contributed by atoms with E-state index < -0.39 is 0 Å². The van der Waals surface area contributed by atoms with Gasteiger partial charge in [0.2, 0.25) is 0 Å². The quantitative estimate of drug-likeness (QED) is 0.862. The minimum absolute atomic E-state index is 0.421. The SMILES string of the molecule is Cc1c(Cl)nc(C2CC2)nc1Nc1ccc(CC#N)cc1. The Kier molecular flexibility index (Phi) is 3.76. The van der Waals surface area contributed by atoms with Crippen molar-refractivity contribution in [2.45, 2.75) is 32.1 Å². The molecule has 1 aliphatic carbocycles. The first-order valence-corrected chi connectivity index (χ1v) is 7.32. The summed E-state index contributed by atoms with van der Waals surface area (Å²) in [5.74, 6) is 2.04. The fraction of sp³-hybridized carbons (Fsp3) is 0.312. The summed E-state index contributed by atoms with van der Waals surface area (Å²) >= 11 is 6.20. The summed E-state index contributed by atoms with van der Waals surface area (Å²) in [5.41, 5.74) is 2.78. The molecule has 1 aromatic carbocycles. The lowest BCUT2D eigenvalue weighted by molar-refractivity contribution is 0.922. The van der Waals surface area contributed by atoms with Crippen LogP contribution in [0.3, 0.4) is 0 Å². The van der Waals surface area contributed by atoms with Gasteiger partial charge in [-0.3, -0.25) is 0 Å². The van der Waals surface area contributed by atoms with Gasteiger partial charge in [-0.25, -0.2) is 9.97 Å². The van der Waals surface area contributed by atoms with Crippen molar-refractivity contribution in [2.24, 2.45) is 0 Å². The van der Waals surface area contributed by atoms with Crippen molar-refractivity contribution in [3.8, 4) is 6.07 Å². The van der Waals surface area contributed by atoms with Gasteiger partial charge in [0.25, 0.3) is 0 Å². The van der Waals surface area contributed by atoms with Gasteiger partial charge in [-0.1, -0.05) is 23.7 Å². The van der Waals surface area contributed by atoms with Gasteiger partial charge in [0.15, 0.2) is 0 Å². The molecule has 1 N–H and O–H groups in total. The minimum atomic E-state index is 0.421. The smallest absolute Gasteiger partial charge is 0.138 e. The number of nitriles is 1. The summed E-state index contributed by atoms with van der Waals surface area (Å²) in [5, 5.41) is 12.5. The average Bonchev–Trinajstić information content (AvgIpc) is 3.30. The van der Waals surface area contributed by atoms with Crippen LogP contribution >= 0.6 is 11.6 Å². The molecule has 2 aromatic rings. The molecule has 1 aliphatic rings. The lowest BCUT2D eigenvalue weighted by atomic mass is 10.1. The van der Waals surface area contributed by atoms with E-state index in [0.29, 0.717) is 17.5 Å². The van der Waals surface area contributed by atoms with Crippen LogP contribution in [0, 0.1) is 18.3 Å². The summed E-state index contributed by atoms with van der Waals surface area (Å²) in [6.07, 6.45) is 2.70. The lowest BCUT2D eigenvalue weighted by Gasteiger charge is -2.11. The molecule has 21 heavy (non-hydrogen) atoms. The van der Waals surface area contributed by atoms with Gasteiger partial charge in [0, 0.05) is 17.2 Å². The Labute approximate surface area is 128 Å². The molecule has 0 spiro atoms. The monoisotopic (exact) mass is 298 g/mol. The van der Waals surface area contributed by atoms with Gasteiger partial charge >= 0.3 is 0 Å². The maximum atomic E-state index is 8.68. The van der Waals surface area contributed by atoms with Crippen LogP contribution in [-0.4, -0.2) is 9.97 Å². The lowest BCUT2D eigenvalue weighted by Crippen LogP contribution is -2.03. The highest BCUT2D eigenvalue weighted by Gasteiger charge is 2.28. The van der Waals surface area contributed by atoms with E-state index in [1.54, 1.807) is 0 Å². The van der Waals surface area contributed by atoms with E-state index in [1.165, 1.54) is 0 Å². The van der Waals surface area contributed by atoms with Crippen LogP contribution in [0.2, 0.25) is 5.15 Å². The molecule has 106 valence electrons. The number of rotatable bonds is 4. The number of aromatic nitrogens is 2. The third kappa shape index (κ3) is 3.14. The van der Waals surface area contributed by atoms with E-state index in [9.17, 15) is 0 Å². The van der Waals surface area contributed by atoms with Crippen LogP contribution in [0.25, 0.3) is 0 Å². The molecule has 1 saturated carbocycles. The van der Waals surface area contributed by atoms with Crippen molar-refractivity contribution in [2.75, 3.05) is 5.32 Å². The van der Waals surface area contributed by atoms with Gasteiger partial charge < -0.3 is 5.32 Å². The number of nitrogens with one attached hydrogen (secondary N) is 1. The molecular weight excluding hydrogens is 284 g/mol. The van der Waals surface area contributed by atoms with Crippen LogP contribution in [0.5, 0.6) is 0 Å². The van der Waals surface area contributed by atoms with E-state index in [1.807, 2.05) is 31.2 Å². The second-order valence-corrected chi connectivity index (χ2v) is 5.64. The standard InChI is InChI=1S/C16H15ClN4/c1-10-14(17)20-16(12-4-5-12)21-15(10)19-13-6-2-11(3-7-13)8-9-18/h2-3,6-7,12H,4-5,8H2,1H3,(H,19,20,21). The van der Waals surface area contributed by atoms with E-state index in [-0.39, 0.29) is 0 Å². The summed E-state index contributed by atoms with van der Waals surface area (Å²) in [6.45, 7) is 1.91. The number of benzene rings is 1. The van der Waals surface area contributed by atoms with Crippen molar-refractivity contribution in [1.82, 2.24) is 9.97 Å². The molecule has 0 saturated heterocycles. The molecule has 1 fully saturated rings. The van der Waals surface area contributed by atoms with E-state index in [4.69, 9.17) is 16.9 Å². The first-order chi connectivity index (χ1) is 10.2. The number of anilines is 2. The highest BCUT2D eigenvalue weighted by atomic mass is 35.5. The van der Waals surface area contributed by atoms with Crippen molar-refractivity contribution >= 4 is 23.1 Å². The Morgan fingerprint density at radius 1 is 1.29 bits per heavy atom. The predicted octanol–water partition coefficient (Wildman–Crippen LogP) is 4.13. The third-order valence-electron chi connectivity index (χ3n) is 3.55. The normalized spacial score (nSPS) is 13.8. The molecule has 0 radical (unpaired) electrons. The zero-order chi connectivity index (χ0) is 14.8. The Balaban J connectivity index is 1.85. The Hall–Kier alpha value is -2.12. The Bertz CT molecular complexity index is 699. The zero-order valence-corrected chi connectivity index (χ0v) is 12.5. The van der Waals surface area contributed by atoms with Crippen molar-refractivity contribution < 1.29 is 0 Å². The maximum absolute atomic E-state index is 8.68. The molecule has 0 bridgehead atoms. The fourth-order valence-corrected chi connectivity index (χ4v) is 2.26. The molecule has 3 rings (SSSR count). The average molecular weight is 299 g/mol. The summed E-state index contributed by atoms with van der Waals surface area (Å²) in [7, 11) is 0. The highest BCUT2D eigenvalue weighted by Crippen LogP contribution is 2.39. The summed E-state index contributed by atoms with van der Waals surface area (Å²) < 4.78 is 0. The van der Waals surface area contributed by atoms with Gasteiger partial charge in [0.05, 0.1) is 12.5 Å². The van der Waals surface area contributed by atoms with Crippen LogP contribution in [-0.2, 0) is 6.42 Å². The van der Waals surface area contributed by atoms with Gasteiger partial charge in [-0.2, -0.15) is 5.26 Å². The molecular formula is C16H15ClN4. The molecule has 1 heterocycles. The van der Waals surface area contributed by atoms with Crippen molar-refractivity contribution in [3.63, 3.8) is 0 Å². The summed E-state index contributed by atoms with van der Waals surface area (Å²) in [4.78, 5) is 8.94. The van der Waals surface area contributed by atoms with Crippen LogP contribution in [0.4, 0.5) is 11.5 Å². The van der Waals surface area contributed by atoms with Gasteiger partial charge in [0.1, 0.15) is 16.8 Å². The van der Waals surface area contributed by atoms with Crippen molar-refractivity contribution in [3.05, 3.63) is 46.4 Å². The Morgan fingerprint density at radius 2 is 2.00 bits per heavy atom. The molecule has 0 aliphatic heterocycles. The molecule has 0 amide bonds. The van der Waals surface area contributed by atoms with E-state index in [0.717, 1.165) is 41.3 Å². The van der Waals surface area contributed by atoms with Crippen molar-refractivity contribution in [1.29, 1.82) is 5.26 Å². The van der Waals surface area contributed by atoms with E-state index >= 15 is 0 Å².